The first kappa shape index (κ1) is 9.21. The molecule has 0 saturated heterocycles. The minimum atomic E-state index is -0.312. The number of hydrogen-bond donors (Lipinski definition) is 1. The molecule has 74 valence electrons. The van der Waals surface area contributed by atoms with Crippen molar-refractivity contribution in [3.8, 4) is 11.8 Å². The van der Waals surface area contributed by atoms with Gasteiger partial charge in [0.05, 0.1) is 17.3 Å². The molecule has 0 aliphatic heterocycles. The fraction of sp³-hybridized carbons (Fsp3) is 0.100. The van der Waals surface area contributed by atoms with E-state index in [1.165, 1.54) is 10.9 Å². The number of aryl methyl sites for hydroxylation is 1. The maximum atomic E-state index is 11.3. The van der Waals surface area contributed by atoms with Gasteiger partial charge in [0.25, 0.3) is 0 Å². The van der Waals surface area contributed by atoms with Gasteiger partial charge in [-0.3, -0.25) is 0 Å². The lowest BCUT2D eigenvalue weighted by molar-refractivity contribution is 0.972. The van der Waals surface area contributed by atoms with Crippen molar-refractivity contribution in [2.45, 2.75) is 6.92 Å². The molecule has 0 bridgehead atoms. The van der Waals surface area contributed by atoms with Crippen molar-refractivity contribution < 1.29 is 0 Å². The van der Waals surface area contributed by atoms with Gasteiger partial charge in [0.1, 0.15) is 6.33 Å². The number of aromatic amines is 1. The molecular weight excluding hydrogens is 192 g/mol. The summed E-state index contributed by atoms with van der Waals surface area (Å²) in [5.41, 5.74) is 1.79. The molecule has 2 aromatic rings. The van der Waals surface area contributed by atoms with Crippen LogP contribution >= 0.6 is 0 Å². The molecule has 2 rings (SSSR count). The van der Waals surface area contributed by atoms with Crippen molar-refractivity contribution in [3.05, 3.63) is 46.1 Å². The lowest BCUT2D eigenvalue weighted by atomic mass is 10.1. The summed E-state index contributed by atoms with van der Waals surface area (Å²) >= 11 is 0. The Morgan fingerprint density at radius 3 is 2.93 bits per heavy atom. The Labute approximate surface area is 85.6 Å². The maximum Gasteiger partial charge on any atom is 0.347 e. The Hall–Kier alpha value is -2.35. The maximum absolute atomic E-state index is 11.3. The van der Waals surface area contributed by atoms with Gasteiger partial charge < -0.3 is 0 Å². The van der Waals surface area contributed by atoms with Crippen LogP contribution in [0.3, 0.4) is 0 Å². The van der Waals surface area contributed by atoms with Crippen LogP contribution in [0.5, 0.6) is 0 Å². The summed E-state index contributed by atoms with van der Waals surface area (Å²) in [7, 11) is 0. The highest BCUT2D eigenvalue weighted by molar-refractivity contribution is 5.46. The third-order valence-electron chi connectivity index (χ3n) is 2.15. The molecule has 0 saturated carbocycles. The molecule has 0 aliphatic carbocycles. The summed E-state index contributed by atoms with van der Waals surface area (Å²) < 4.78 is 1.37. The van der Waals surface area contributed by atoms with Crippen LogP contribution in [0.15, 0.2) is 29.3 Å². The molecule has 5 nitrogen and oxygen atoms in total. The first-order valence-corrected chi connectivity index (χ1v) is 4.35. The van der Waals surface area contributed by atoms with Gasteiger partial charge in [0, 0.05) is 0 Å². The zero-order chi connectivity index (χ0) is 10.8. The standard InChI is InChI=1S/C10H8N4O/c1-7-2-3-8(5-11)4-9(7)14-6-12-13-10(14)15/h2-4,6H,1H3,(H,13,15). The van der Waals surface area contributed by atoms with Crippen LogP contribution in [-0.4, -0.2) is 14.8 Å². The molecule has 1 heterocycles. The Balaban J connectivity index is 2.68. The van der Waals surface area contributed by atoms with E-state index in [-0.39, 0.29) is 5.69 Å². The Kier molecular flexibility index (Phi) is 2.10. The molecule has 15 heavy (non-hydrogen) atoms. The van der Waals surface area contributed by atoms with Crippen LogP contribution in [0.4, 0.5) is 0 Å². The summed E-state index contributed by atoms with van der Waals surface area (Å²) in [5.74, 6) is 0. The van der Waals surface area contributed by atoms with Gasteiger partial charge in [-0.25, -0.2) is 14.5 Å². The van der Waals surface area contributed by atoms with Crippen LogP contribution < -0.4 is 5.69 Å². The van der Waals surface area contributed by atoms with E-state index in [9.17, 15) is 4.79 Å². The van der Waals surface area contributed by atoms with Crippen molar-refractivity contribution in [2.24, 2.45) is 0 Å². The highest BCUT2D eigenvalue weighted by Crippen LogP contribution is 2.13. The van der Waals surface area contributed by atoms with E-state index in [0.29, 0.717) is 11.3 Å². The molecule has 0 spiro atoms. The monoisotopic (exact) mass is 200 g/mol. The van der Waals surface area contributed by atoms with E-state index in [1.807, 2.05) is 13.0 Å². The topological polar surface area (TPSA) is 74.5 Å². The molecule has 1 aromatic carbocycles. The normalized spacial score (nSPS) is 9.87. The van der Waals surface area contributed by atoms with Crippen molar-refractivity contribution in [1.29, 1.82) is 5.26 Å². The molecule has 0 aliphatic rings. The number of hydrogen-bond acceptors (Lipinski definition) is 3. The van der Waals surface area contributed by atoms with Crippen LogP contribution in [0.25, 0.3) is 5.69 Å². The van der Waals surface area contributed by atoms with E-state index in [4.69, 9.17) is 5.26 Å². The number of rotatable bonds is 1. The molecule has 5 heteroatoms. The highest BCUT2D eigenvalue weighted by atomic mass is 16.1. The predicted octanol–water partition coefficient (Wildman–Crippen LogP) is 0.741. The summed E-state index contributed by atoms with van der Waals surface area (Å²) in [4.78, 5) is 11.3. The molecule has 1 N–H and O–H groups in total. The van der Waals surface area contributed by atoms with Gasteiger partial charge in [0.2, 0.25) is 0 Å². The predicted molar refractivity (Wildman–Crippen MR) is 53.6 cm³/mol. The van der Waals surface area contributed by atoms with Gasteiger partial charge in [-0.05, 0) is 24.6 Å². The van der Waals surface area contributed by atoms with E-state index < -0.39 is 0 Å². The fourth-order valence-electron chi connectivity index (χ4n) is 1.36. The molecular formula is C10H8N4O. The molecule has 0 radical (unpaired) electrons. The van der Waals surface area contributed by atoms with Gasteiger partial charge in [-0.15, -0.1) is 0 Å². The number of nitrogens with zero attached hydrogens (tertiary/aromatic N) is 3. The lowest BCUT2D eigenvalue weighted by Crippen LogP contribution is -2.15. The number of benzene rings is 1. The highest BCUT2D eigenvalue weighted by Gasteiger charge is 2.05. The third kappa shape index (κ3) is 1.53. The minimum absolute atomic E-state index is 0.312. The lowest BCUT2D eigenvalue weighted by Gasteiger charge is -2.04. The van der Waals surface area contributed by atoms with Crippen molar-refractivity contribution >= 4 is 0 Å². The van der Waals surface area contributed by atoms with Crippen molar-refractivity contribution in [3.63, 3.8) is 0 Å². The zero-order valence-corrected chi connectivity index (χ0v) is 8.06. The smallest absolute Gasteiger partial charge is 0.249 e. The van der Waals surface area contributed by atoms with Gasteiger partial charge in [-0.2, -0.15) is 10.4 Å². The van der Waals surface area contributed by atoms with Crippen molar-refractivity contribution in [1.82, 2.24) is 14.8 Å². The Morgan fingerprint density at radius 1 is 1.53 bits per heavy atom. The molecule has 0 atom stereocenters. The fourth-order valence-corrected chi connectivity index (χ4v) is 1.36. The summed E-state index contributed by atoms with van der Waals surface area (Å²) in [6.07, 6.45) is 1.39. The zero-order valence-electron chi connectivity index (χ0n) is 8.06. The molecule has 0 fully saturated rings. The second kappa shape index (κ2) is 3.42. The van der Waals surface area contributed by atoms with Crippen LogP contribution in [0.1, 0.15) is 11.1 Å². The van der Waals surface area contributed by atoms with Gasteiger partial charge in [0.15, 0.2) is 0 Å². The Bertz CT molecular complexity index is 588. The third-order valence-corrected chi connectivity index (χ3v) is 2.15. The second-order valence-electron chi connectivity index (χ2n) is 3.14. The number of nitrogens with one attached hydrogen (secondary N) is 1. The summed E-state index contributed by atoms with van der Waals surface area (Å²) in [6, 6.07) is 7.20. The quantitative estimate of drug-likeness (QED) is 0.737. The average Bonchev–Trinajstić information content (AvgIpc) is 2.65. The summed E-state index contributed by atoms with van der Waals surface area (Å²) in [5, 5.41) is 14.7. The van der Waals surface area contributed by atoms with Crippen molar-refractivity contribution in [2.75, 3.05) is 0 Å². The van der Waals surface area contributed by atoms with Gasteiger partial charge >= 0.3 is 5.69 Å². The van der Waals surface area contributed by atoms with Gasteiger partial charge in [-0.1, -0.05) is 6.07 Å². The first-order chi connectivity index (χ1) is 7.22. The van der Waals surface area contributed by atoms with Crippen LogP contribution in [0.2, 0.25) is 0 Å². The van der Waals surface area contributed by atoms with E-state index in [2.05, 4.69) is 10.2 Å². The first-order valence-electron chi connectivity index (χ1n) is 4.35. The average molecular weight is 200 g/mol. The molecule has 1 aromatic heterocycles. The summed E-state index contributed by atoms with van der Waals surface area (Å²) in [6.45, 7) is 1.87. The number of H-pyrrole nitrogens is 1. The number of nitriles is 1. The van der Waals surface area contributed by atoms with Crippen LogP contribution in [0, 0.1) is 18.3 Å². The van der Waals surface area contributed by atoms with E-state index in [0.717, 1.165) is 5.56 Å². The van der Waals surface area contributed by atoms with E-state index in [1.54, 1.807) is 18.2 Å². The number of aromatic nitrogens is 3. The van der Waals surface area contributed by atoms with E-state index >= 15 is 0 Å². The molecule has 0 unspecified atom stereocenters. The largest absolute Gasteiger partial charge is 0.347 e. The van der Waals surface area contributed by atoms with Crippen LogP contribution in [-0.2, 0) is 0 Å². The molecule has 0 amide bonds. The second-order valence-corrected chi connectivity index (χ2v) is 3.14. The SMILES string of the molecule is Cc1ccc(C#N)cc1-n1cn[nH]c1=O. The minimum Gasteiger partial charge on any atom is -0.249 e. The Morgan fingerprint density at radius 2 is 2.33 bits per heavy atom.